The van der Waals surface area contributed by atoms with Gasteiger partial charge in [0.25, 0.3) is 0 Å². The largest absolute Gasteiger partial charge is 0.472 e. The van der Waals surface area contributed by atoms with Crippen LogP contribution in [-0.2, 0) is 17.7 Å². The van der Waals surface area contributed by atoms with Crippen LogP contribution in [0, 0.1) is 0 Å². The van der Waals surface area contributed by atoms with Gasteiger partial charge in [-0.3, -0.25) is 0 Å². The molecule has 0 aliphatic carbocycles. The van der Waals surface area contributed by atoms with Crippen LogP contribution in [0.2, 0.25) is 0 Å². The van der Waals surface area contributed by atoms with E-state index < -0.39 is 0 Å². The van der Waals surface area contributed by atoms with Crippen LogP contribution >= 0.6 is 0 Å². The summed E-state index contributed by atoms with van der Waals surface area (Å²) in [5.41, 5.74) is 2.31. The van der Waals surface area contributed by atoms with E-state index in [-0.39, 0.29) is 6.10 Å². The fourth-order valence-corrected chi connectivity index (χ4v) is 2.06. The van der Waals surface area contributed by atoms with Crippen LogP contribution in [0.4, 0.5) is 0 Å². The molecule has 0 bridgehead atoms. The van der Waals surface area contributed by atoms with Crippen LogP contribution in [0.5, 0.6) is 5.88 Å². The predicted molar refractivity (Wildman–Crippen MR) is 75.4 cm³/mol. The van der Waals surface area contributed by atoms with Crippen molar-refractivity contribution >= 4 is 0 Å². The molecular weight excluding hydrogens is 240 g/mol. The molecule has 1 saturated heterocycles. The number of hydrogen-bond donors (Lipinski definition) is 1. The van der Waals surface area contributed by atoms with Gasteiger partial charge in [0.05, 0.1) is 13.2 Å². The van der Waals surface area contributed by atoms with Gasteiger partial charge in [-0.05, 0) is 18.1 Å². The lowest BCUT2D eigenvalue weighted by Gasteiger charge is -2.14. The van der Waals surface area contributed by atoms with Crippen LogP contribution in [-0.4, -0.2) is 30.3 Å². The van der Waals surface area contributed by atoms with Crippen molar-refractivity contribution in [2.75, 3.05) is 13.2 Å². The maximum atomic E-state index is 5.90. The molecule has 2 heterocycles. The molecule has 1 aromatic rings. The second-order valence-corrected chi connectivity index (χ2v) is 5.30. The zero-order chi connectivity index (χ0) is 13.7. The Balaban J connectivity index is 2.05. The van der Waals surface area contributed by atoms with Gasteiger partial charge in [-0.25, -0.2) is 4.98 Å². The molecular formula is C15H24N2O2. The van der Waals surface area contributed by atoms with Gasteiger partial charge in [-0.15, -0.1) is 0 Å². The first-order valence-electron chi connectivity index (χ1n) is 7.15. The lowest BCUT2D eigenvalue weighted by atomic mass is 10.2. The average molecular weight is 264 g/mol. The first kappa shape index (κ1) is 14.3. The summed E-state index contributed by atoms with van der Waals surface area (Å²) < 4.78 is 11.2. The Bertz CT molecular complexity index is 401. The molecule has 0 aromatic carbocycles. The number of aromatic nitrogens is 1. The van der Waals surface area contributed by atoms with E-state index in [9.17, 15) is 0 Å². The van der Waals surface area contributed by atoms with Gasteiger partial charge in [-0.2, -0.15) is 0 Å². The normalized spacial score (nSPS) is 19.1. The second kappa shape index (κ2) is 6.87. The lowest BCUT2D eigenvalue weighted by molar-refractivity contribution is 0.138. The maximum Gasteiger partial charge on any atom is 0.214 e. The Morgan fingerprint density at radius 1 is 1.47 bits per heavy atom. The van der Waals surface area contributed by atoms with Crippen molar-refractivity contribution in [1.82, 2.24) is 10.3 Å². The van der Waals surface area contributed by atoms with Crippen molar-refractivity contribution in [3.63, 3.8) is 0 Å². The van der Waals surface area contributed by atoms with Crippen LogP contribution in [0.15, 0.2) is 12.1 Å². The SMILES string of the molecule is CCc1cc(CNC(C)C)cc(OC2CCOC2)n1. The summed E-state index contributed by atoms with van der Waals surface area (Å²) in [6, 6.07) is 4.66. The number of rotatable bonds is 6. The number of ether oxygens (including phenoxy) is 2. The Labute approximate surface area is 115 Å². The molecule has 1 aliphatic rings. The van der Waals surface area contributed by atoms with E-state index in [2.05, 4.69) is 37.1 Å². The van der Waals surface area contributed by atoms with Gasteiger partial charge in [-0.1, -0.05) is 20.8 Å². The molecule has 4 nitrogen and oxygen atoms in total. The summed E-state index contributed by atoms with van der Waals surface area (Å²) in [6.07, 6.45) is 2.04. The molecule has 1 fully saturated rings. The number of hydrogen-bond acceptors (Lipinski definition) is 4. The van der Waals surface area contributed by atoms with E-state index in [1.165, 1.54) is 5.56 Å². The minimum atomic E-state index is 0.158. The average Bonchev–Trinajstić information content (AvgIpc) is 2.89. The minimum absolute atomic E-state index is 0.158. The highest BCUT2D eigenvalue weighted by Gasteiger charge is 2.18. The number of nitrogens with zero attached hydrogens (tertiary/aromatic N) is 1. The number of pyridine rings is 1. The van der Waals surface area contributed by atoms with E-state index in [1.54, 1.807) is 0 Å². The van der Waals surface area contributed by atoms with Crippen molar-refractivity contribution in [3.8, 4) is 5.88 Å². The molecule has 1 N–H and O–H groups in total. The first-order valence-corrected chi connectivity index (χ1v) is 7.15. The fourth-order valence-electron chi connectivity index (χ4n) is 2.06. The van der Waals surface area contributed by atoms with E-state index in [0.29, 0.717) is 12.6 Å². The summed E-state index contributed by atoms with van der Waals surface area (Å²) in [7, 11) is 0. The van der Waals surface area contributed by atoms with E-state index in [4.69, 9.17) is 9.47 Å². The number of aryl methyl sites for hydroxylation is 1. The van der Waals surface area contributed by atoms with Gasteiger partial charge in [0, 0.05) is 30.8 Å². The Morgan fingerprint density at radius 3 is 2.95 bits per heavy atom. The van der Waals surface area contributed by atoms with Gasteiger partial charge < -0.3 is 14.8 Å². The highest BCUT2D eigenvalue weighted by atomic mass is 16.5. The van der Waals surface area contributed by atoms with Crippen molar-refractivity contribution in [3.05, 3.63) is 23.4 Å². The molecule has 0 amide bonds. The molecule has 1 atom stereocenters. The Morgan fingerprint density at radius 2 is 2.32 bits per heavy atom. The standard InChI is InChI=1S/C15H24N2O2/c1-4-13-7-12(9-16-11(2)3)8-15(17-13)19-14-5-6-18-10-14/h7-8,11,14,16H,4-6,9-10H2,1-3H3. The van der Waals surface area contributed by atoms with Crippen LogP contribution < -0.4 is 10.1 Å². The zero-order valence-electron chi connectivity index (χ0n) is 12.1. The van der Waals surface area contributed by atoms with Gasteiger partial charge in [0.2, 0.25) is 5.88 Å². The van der Waals surface area contributed by atoms with E-state index in [0.717, 1.165) is 37.6 Å². The van der Waals surface area contributed by atoms with Gasteiger partial charge in [0.1, 0.15) is 6.10 Å². The topological polar surface area (TPSA) is 43.4 Å². The predicted octanol–water partition coefficient (Wildman–Crippen LogP) is 2.31. The van der Waals surface area contributed by atoms with Crippen molar-refractivity contribution in [2.45, 2.75) is 52.3 Å². The molecule has 2 rings (SSSR count). The molecule has 1 unspecified atom stereocenters. The highest BCUT2D eigenvalue weighted by molar-refractivity contribution is 5.25. The molecule has 106 valence electrons. The van der Waals surface area contributed by atoms with Crippen LogP contribution in [0.1, 0.15) is 38.4 Å². The van der Waals surface area contributed by atoms with Crippen LogP contribution in [0.25, 0.3) is 0 Å². The van der Waals surface area contributed by atoms with Crippen LogP contribution in [0.3, 0.4) is 0 Å². The van der Waals surface area contributed by atoms with Crippen molar-refractivity contribution < 1.29 is 9.47 Å². The monoisotopic (exact) mass is 264 g/mol. The quantitative estimate of drug-likeness (QED) is 0.856. The third-order valence-corrected chi connectivity index (χ3v) is 3.17. The molecule has 0 spiro atoms. The summed E-state index contributed by atoms with van der Waals surface area (Å²) in [5.74, 6) is 0.732. The lowest BCUT2D eigenvalue weighted by Crippen LogP contribution is -2.22. The summed E-state index contributed by atoms with van der Waals surface area (Å²) >= 11 is 0. The third kappa shape index (κ3) is 4.48. The maximum absolute atomic E-state index is 5.90. The zero-order valence-corrected chi connectivity index (χ0v) is 12.1. The Hall–Kier alpha value is -1.13. The molecule has 1 aliphatic heterocycles. The fraction of sp³-hybridized carbons (Fsp3) is 0.667. The Kier molecular flexibility index (Phi) is 5.16. The molecule has 4 heteroatoms. The third-order valence-electron chi connectivity index (χ3n) is 3.17. The molecule has 1 aromatic heterocycles. The van der Waals surface area contributed by atoms with E-state index in [1.807, 2.05) is 6.07 Å². The van der Waals surface area contributed by atoms with Crippen molar-refractivity contribution in [2.24, 2.45) is 0 Å². The summed E-state index contributed by atoms with van der Waals surface area (Å²) in [4.78, 5) is 4.54. The highest BCUT2D eigenvalue weighted by Crippen LogP contribution is 2.18. The molecule has 0 saturated carbocycles. The van der Waals surface area contributed by atoms with Crippen molar-refractivity contribution in [1.29, 1.82) is 0 Å². The smallest absolute Gasteiger partial charge is 0.214 e. The van der Waals surface area contributed by atoms with E-state index >= 15 is 0 Å². The molecule has 0 radical (unpaired) electrons. The summed E-state index contributed by atoms with van der Waals surface area (Å²) in [6.45, 7) is 8.73. The molecule has 19 heavy (non-hydrogen) atoms. The first-order chi connectivity index (χ1) is 9.17. The second-order valence-electron chi connectivity index (χ2n) is 5.30. The number of nitrogens with one attached hydrogen (secondary N) is 1. The summed E-state index contributed by atoms with van der Waals surface area (Å²) in [5, 5.41) is 3.43. The van der Waals surface area contributed by atoms with Gasteiger partial charge >= 0.3 is 0 Å². The van der Waals surface area contributed by atoms with Gasteiger partial charge in [0.15, 0.2) is 0 Å². The minimum Gasteiger partial charge on any atom is -0.472 e.